The van der Waals surface area contributed by atoms with Gasteiger partial charge in [0.25, 0.3) is 0 Å². The first-order chi connectivity index (χ1) is 11.3. The van der Waals surface area contributed by atoms with E-state index in [9.17, 15) is 4.79 Å². The molecule has 0 bridgehead atoms. The second kappa shape index (κ2) is 8.43. The summed E-state index contributed by atoms with van der Waals surface area (Å²) in [7, 11) is 0. The zero-order chi connectivity index (χ0) is 15.9. The zero-order valence-electron chi connectivity index (χ0n) is 13.7. The van der Waals surface area contributed by atoms with E-state index in [4.69, 9.17) is 4.74 Å². The molecule has 3 rings (SSSR count). The lowest BCUT2D eigenvalue weighted by Crippen LogP contribution is -2.50. The Kier molecular flexibility index (Phi) is 6.02. The number of rotatable bonds is 5. The SMILES string of the molecule is O=C(CN1CCC(N2CCOCC2)CC1)NCc1ccccc1. The van der Waals surface area contributed by atoms with Crippen molar-refractivity contribution in [2.75, 3.05) is 45.9 Å². The third-order valence-corrected chi connectivity index (χ3v) is 4.82. The van der Waals surface area contributed by atoms with Crippen LogP contribution < -0.4 is 5.32 Å². The molecule has 5 heteroatoms. The molecular weight excluding hydrogens is 290 g/mol. The molecule has 1 aromatic rings. The number of hydrogen-bond acceptors (Lipinski definition) is 4. The summed E-state index contributed by atoms with van der Waals surface area (Å²) >= 11 is 0. The lowest BCUT2D eigenvalue weighted by molar-refractivity contribution is -0.122. The van der Waals surface area contributed by atoms with Crippen molar-refractivity contribution in [2.45, 2.75) is 25.4 Å². The van der Waals surface area contributed by atoms with Gasteiger partial charge in [0.15, 0.2) is 0 Å². The fraction of sp³-hybridized carbons (Fsp3) is 0.611. The summed E-state index contributed by atoms with van der Waals surface area (Å²) < 4.78 is 5.42. The molecule has 1 aromatic carbocycles. The molecule has 2 aliphatic heterocycles. The number of carbonyl (C=O) groups excluding carboxylic acids is 1. The number of carbonyl (C=O) groups is 1. The van der Waals surface area contributed by atoms with Crippen molar-refractivity contribution in [2.24, 2.45) is 0 Å². The molecule has 2 saturated heterocycles. The predicted molar refractivity (Wildman–Crippen MR) is 90.1 cm³/mol. The van der Waals surface area contributed by atoms with Crippen molar-refractivity contribution >= 4 is 5.91 Å². The van der Waals surface area contributed by atoms with Gasteiger partial charge in [-0.25, -0.2) is 0 Å². The van der Waals surface area contributed by atoms with E-state index in [2.05, 4.69) is 15.1 Å². The maximum atomic E-state index is 12.1. The Morgan fingerprint density at radius 3 is 2.48 bits per heavy atom. The second-order valence-electron chi connectivity index (χ2n) is 6.42. The van der Waals surface area contributed by atoms with E-state index in [-0.39, 0.29) is 5.91 Å². The third-order valence-electron chi connectivity index (χ3n) is 4.82. The van der Waals surface area contributed by atoms with Crippen molar-refractivity contribution in [1.82, 2.24) is 15.1 Å². The Balaban J connectivity index is 1.35. The number of ether oxygens (including phenoxy) is 1. The summed E-state index contributed by atoms with van der Waals surface area (Å²) in [5.41, 5.74) is 1.15. The van der Waals surface area contributed by atoms with Crippen molar-refractivity contribution in [3.63, 3.8) is 0 Å². The van der Waals surface area contributed by atoms with Gasteiger partial charge in [-0.1, -0.05) is 30.3 Å². The average molecular weight is 317 g/mol. The largest absolute Gasteiger partial charge is 0.379 e. The van der Waals surface area contributed by atoms with Gasteiger partial charge in [0.2, 0.25) is 5.91 Å². The average Bonchev–Trinajstić information content (AvgIpc) is 2.62. The Labute approximate surface area is 138 Å². The number of nitrogens with one attached hydrogen (secondary N) is 1. The molecular formula is C18H27N3O2. The highest BCUT2D eigenvalue weighted by molar-refractivity contribution is 5.78. The third kappa shape index (κ3) is 5.03. The van der Waals surface area contributed by atoms with Crippen LogP contribution in [-0.4, -0.2) is 67.7 Å². The van der Waals surface area contributed by atoms with Crippen LogP contribution in [0, 0.1) is 0 Å². The number of piperidine rings is 1. The molecule has 2 aliphatic rings. The lowest BCUT2D eigenvalue weighted by atomic mass is 10.0. The maximum Gasteiger partial charge on any atom is 0.234 e. The van der Waals surface area contributed by atoms with Gasteiger partial charge in [0.05, 0.1) is 19.8 Å². The highest BCUT2D eigenvalue weighted by atomic mass is 16.5. The van der Waals surface area contributed by atoms with E-state index in [1.807, 2.05) is 30.3 Å². The standard InChI is InChI=1S/C18H27N3O2/c22-18(19-14-16-4-2-1-3-5-16)15-20-8-6-17(7-9-20)21-10-12-23-13-11-21/h1-5,17H,6-15H2,(H,19,22). The number of nitrogens with zero attached hydrogens (tertiary/aromatic N) is 2. The van der Waals surface area contributed by atoms with Gasteiger partial charge in [-0.05, 0) is 18.4 Å². The minimum absolute atomic E-state index is 0.124. The van der Waals surface area contributed by atoms with Crippen LogP contribution in [0.25, 0.3) is 0 Å². The first kappa shape index (κ1) is 16.4. The number of benzene rings is 1. The molecule has 0 saturated carbocycles. The maximum absolute atomic E-state index is 12.1. The van der Waals surface area contributed by atoms with E-state index in [1.165, 1.54) is 0 Å². The van der Waals surface area contributed by atoms with Gasteiger partial charge in [0.1, 0.15) is 0 Å². The molecule has 0 radical (unpaired) electrons. The van der Waals surface area contributed by atoms with Crippen LogP contribution in [0.4, 0.5) is 0 Å². The predicted octanol–water partition coefficient (Wildman–Crippen LogP) is 1.10. The van der Waals surface area contributed by atoms with Gasteiger partial charge < -0.3 is 10.1 Å². The topological polar surface area (TPSA) is 44.8 Å². The van der Waals surface area contributed by atoms with Crippen LogP contribution >= 0.6 is 0 Å². The van der Waals surface area contributed by atoms with Gasteiger partial charge in [-0.3, -0.25) is 14.6 Å². The molecule has 1 amide bonds. The summed E-state index contributed by atoms with van der Waals surface area (Å²) in [5.74, 6) is 0.124. The van der Waals surface area contributed by atoms with Gasteiger partial charge >= 0.3 is 0 Å². The molecule has 0 aromatic heterocycles. The molecule has 5 nitrogen and oxygen atoms in total. The number of hydrogen-bond donors (Lipinski definition) is 1. The van der Waals surface area contributed by atoms with E-state index in [1.54, 1.807) is 0 Å². The molecule has 0 atom stereocenters. The Hall–Kier alpha value is -1.43. The summed E-state index contributed by atoms with van der Waals surface area (Å²) in [6, 6.07) is 10.7. The summed E-state index contributed by atoms with van der Waals surface area (Å²) in [4.78, 5) is 16.9. The lowest BCUT2D eigenvalue weighted by Gasteiger charge is -2.39. The molecule has 126 valence electrons. The fourth-order valence-corrected chi connectivity index (χ4v) is 3.44. The number of morpholine rings is 1. The van der Waals surface area contributed by atoms with Crippen LogP contribution in [0.15, 0.2) is 30.3 Å². The molecule has 0 spiro atoms. The number of amides is 1. The smallest absolute Gasteiger partial charge is 0.234 e. The highest BCUT2D eigenvalue weighted by Gasteiger charge is 2.26. The van der Waals surface area contributed by atoms with Gasteiger partial charge in [0, 0.05) is 38.8 Å². The minimum atomic E-state index is 0.124. The van der Waals surface area contributed by atoms with E-state index >= 15 is 0 Å². The first-order valence-corrected chi connectivity index (χ1v) is 8.66. The molecule has 0 aliphatic carbocycles. The van der Waals surface area contributed by atoms with Crippen molar-refractivity contribution in [3.8, 4) is 0 Å². The minimum Gasteiger partial charge on any atom is -0.379 e. The molecule has 2 fully saturated rings. The normalized spacial score (nSPS) is 21.2. The summed E-state index contributed by atoms with van der Waals surface area (Å²) in [6.07, 6.45) is 2.32. The van der Waals surface area contributed by atoms with E-state index in [0.29, 0.717) is 19.1 Å². The fourth-order valence-electron chi connectivity index (χ4n) is 3.44. The van der Waals surface area contributed by atoms with Crippen molar-refractivity contribution in [3.05, 3.63) is 35.9 Å². The highest BCUT2D eigenvalue weighted by Crippen LogP contribution is 2.17. The quantitative estimate of drug-likeness (QED) is 0.883. The Morgan fingerprint density at radius 1 is 1.09 bits per heavy atom. The van der Waals surface area contributed by atoms with Gasteiger partial charge in [-0.15, -0.1) is 0 Å². The van der Waals surface area contributed by atoms with Crippen LogP contribution in [0.5, 0.6) is 0 Å². The van der Waals surface area contributed by atoms with E-state index < -0.39 is 0 Å². The Morgan fingerprint density at radius 2 is 1.78 bits per heavy atom. The van der Waals surface area contributed by atoms with Crippen molar-refractivity contribution in [1.29, 1.82) is 0 Å². The van der Waals surface area contributed by atoms with Gasteiger partial charge in [-0.2, -0.15) is 0 Å². The first-order valence-electron chi connectivity index (χ1n) is 8.66. The second-order valence-corrected chi connectivity index (χ2v) is 6.42. The van der Waals surface area contributed by atoms with Crippen LogP contribution in [-0.2, 0) is 16.1 Å². The van der Waals surface area contributed by atoms with Crippen LogP contribution in [0.1, 0.15) is 18.4 Å². The molecule has 23 heavy (non-hydrogen) atoms. The number of likely N-dealkylation sites (tertiary alicyclic amines) is 1. The molecule has 1 N–H and O–H groups in total. The molecule has 2 heterocycles. The van der Waals surface area contributed by atoms with Crippen molar-refractivity contribution < 1.29 is 9.53 Å². The zero-order valence-corrected chi connectivity index (χ0v) is 13.7. The monoisotopic (exact) mass is 317 g/mol. The van der Waals surface area contributed by atoms with Crippen LogP contribution in [0.3, 0.4) is 0 Å². The summed E-state index contributed by atoms with van der Waals surface area (Å²) in [6.45, 7) is 7.00. The summed E-state index contributed by atoms with van der Waals surface area (Å²) in [5, 5.41) is 3.01. The van der Waals surface area contributed by atoms with Crippen LogP contribution in [0.2, 0.25) is 0 Å². The Bertz CT molecular complexity index is 480. The van der Waals surface area contributed by atoms with E-state index in [0.717, 1.165) is 57.8 Å². The molecule has 0 unspecified atom stereocenters.